The molecule has 3 aliphatic rings. The summed E-state index contributed by atoms with van der Waals surface area (Å²) in [5.74, 6) is 0.865. The number of nitrogens with zero attached hydrogens (tertiary/aromatic N) is 1. The van der Waals surface area contributed by atoms with Gasteiger partial charge in [0, 0.05) is 6.04 Å². The molecule has 2 fully saturated rings. The van der Waals surface area contributed by atoms with E-state index in [-0.39, 0.29) is 0 Å². The minimum absolute atomic E-state index is 0.609. The highest BCUT2D eigenvalue weighted by Crippen LogP contribution is 2.66. The van der Waals surface area contributed by atoms with Crippen LogP contribution in [0.4, 0.5) is 0 Å². The Balaban J connectivity index is 1.88. The molecule has 1 aliphatic heterocycles. The summed E-state index contributed by atoms with van der Waals surface area (Å²) in [6, 6.07) is 10.1. The van der Waals surface area contributed by atoms with Gasteiger partial charge in [-0.1, -0.05) is 44.0 Å². The third-order valence-electron chi connectivity index (χ3n) is 5.93. The van der Waals surface area contributed by atoms with E-state index < -0.39 is 0 Å². The van der Waals surface area contributed by atoms with E-state index in [1.807, 2.05) is 0 Å². The molecule has 0 unspecified atom stereocenters. The molecule has 18 heavy (non-hydrogen) atoms. The fourth-order valence-corrected chi connectivity index (χ4v) is 5.26. The highest BCUT2D eigenvalue weighted by Gasteiger charge is 2.58. The van der Waals surface area contributed by atoms with Gasteiger partial charge in [0.05, 0.1) is 0 Å². The number of rotatable bonds is 1. The smallest absolute Gasteiger partial charge is 0.0413 e. The van der Waals surface area contributed by atoms with Crippen LogP contribution in [-0.2, 0) is 0 Å². The van der Waals surface area contributed by atoms with Gasteiger partial charge in [0.1, 0.15) is 0 Å². The number of hydrogen-bond acceptors (Lipinski definition) is 1. The Labute approximate surface area is 110 Å². The van der Waals surface area contributed by atoms with Gasteiger partial charge in [-0.25, -0.2) is 0 Å². The fourth-order valence-electron chi connectivity index (χ4n) is 5.26. The summed E-state index contributed by atoms with van der Waals surface area (Å²) in [6.45, 7) is 4.87. The van der Waals surface area contributed by atoms with Crippen molar-refractivity contribution in [3.05, 3.63) is 35.4 Å². The van der Waals surface area contributed by atoms with Crippen LogP contribution in [0.3, 0.4) is 0 Å². The molecule has 0 radical (unpaired) electrons. The van der Waals surface area contributed by atoms with E-state index in [0.717, 1.165) is 12.0 Å². The topological polar surface area (TPSA) is 3.24 Å². The van der Waals surface area contributed by atoms with E-state index in [1.165, 1.54) is 45.2 Å². The lowest BCUT2D eigenvalue weighted by Crippen LogP contribution is -2.33. The van der Waals surface area contributed by atoms with Crippen LogP contribution in [0.25, 0.3) is 0 Å². The van der Waals surface area contributed by atoms with E-state index >= 15 is 0 Å². The minimum Gasteiger partial charge on any atom is -0.296 e. The van der Waals surface area contributed by atoms with Gasteiger partial charge in [-0.15, -0.1) is 0 Å². The summed E-state index contributed by atoms with van der Waals surface area (Å²) in [5, 5.41) is 0. The Morgan fingerprint density at radius 2 is 2.00 bits per heavy atom. The number of likely N-dealkylation sites (tertiary alicyclic amines) is 1. The van der Waals surface area contributed by atoms with E-state index in [4.69, 9.17) is 0 Å². The lowest BCUT2D eigenvalue weighted by Gasteiger charge is -2.41. The van der Waals surface area contributed by atoms with Gasteiger partial charge >= 0.3 is 0 Å². The van der Waals surface area contributed by atoms with Crippen molar-refractivity contribution in [2.45, 2.75) is 51.0 Å². The Kier molecular flexibility index (Phi) is 2.35. The number of fused-ring (bicyclic) bond motifs is 3. The minimum atomic E-state index is 0.609. The van der Waals surface area contributed by atoms with E-state index in [0.29, 0.717) is 5.41 Å². The summed E-state index contributed by atoms with van der Waals surface area (Å²) in [4.78, 5) is 2.74. The highest BCUT2D eigenvalue weighted by atomic mass is 15.2. The molecule has 1 saturated carbocycles. The molecule has 3 atom stereocenters. The van der Waals surface area contributed by atoms with E-state index in [9.17, 15) is 0 Å². The van der Waals surface area contributed by atoms with Crippen LogP contribution < -0.4 is 0 Å². The summed E-state index contributed by atoms with van der Waals surface area (Å²) in [6.07, 6.45) is 7.24. The molecule has 2 aliphatic carbocycles. The quantitative estimate of drug-likeness (QED) is 0.715. The zero-order valence-electron chi connectivity index (χ0n) is 11.4. The van der Waals surface area contributed by atoms with Crippen molar-refractivity contribution < 1.29 is 0 Å². The summed E-state index contributed by atoms with van der Waals surface area (Å²) < 4.78 is 0. The van der Waals surface area contributed by atoms with Crippen molar-refractivity contribution >= 4 is 0 Å². The molecule has 1 spiro atoms. The van der Waals surface area contributed by atoms with Gasteiger partial charge in [-0.3, -0.25) is 4.90 Å². The summed E-state index contributed by atoms with van der Waals surface area (Å²) in [5.41, 5.74) is 3.97. The third-order valence-corrected chi connectivity index (χ3v) is 5.93. The van der Waals surface area contributed by atoms with Crippen LogP contribution in [0.2, 0.25) is 0 Å². The van der Waals surface area contributed by atoms with Gasteiger partial charge in [0.25, 0.3) is 0 Å². The van der Waals surface area contributed by atoms with Crippen molar-refractivity contribution in [2.24, 2.45) is 5.41 Å². The van der Waals surface area contributed by atoms with Crippen molar-refractivity contribution in [1.29, 1.82) is 0 Å². The predicted octanol–water partition coefficient (Wildman–Crippen LogP) is 4.11. The maximum absolute atomic E-state index is 2.74. The Bertz CT molecular complexity index is 466. The van der Waals surface area contributed by atoms with Crippen LogP contribution in [-0.4, -0.2) is 18.0 Å². The van der Waals surface area contributed by atoms with Gasteiger partial charge in [-0.2, -0.15) is 0 Å². The van der Waals surface area contributed by atoms with E-state index in [1.54, 1.807) is 11.1 Å². The molecule has 1 aromatic rings. The van der Waals surface area contributed by atoms with Crippen LogP contribution in [0.1, 0.15) is 62.1 Å². The first kappa shape index (κ1) is 11.0. The number of hydrogen-bond donors (Lipinski definition) is 0. The molecular formula is C17H23N. The number of benzene rings is 1. The van der Waals surface area contributed by atoms with Crippen LogP contribution in [0.15, 0.2) is 24.3 Å². The molecule has 1 heteroatoms. The average Bonchev–Trinajstić information content (AvgIpc) is 2.91. The molecular weight excluding hydrogens is 218 g/mol. The first-order chi connectivity index (χ1) is 8.87. The normalized spacial score (nSPS) is 38.3. The molecule has 0 aromatic heterocycles. The fraction of sp³-hybridized carbons (Fsp3) is 0.647. The maximum atomic E-state index is 2.74. The SMILES string of the molecule is CCN1CC[C@]23CCCC[C@H]2c2ccccc2[C@H]13. The molecule has 1 saturated heterocycles. The first-order valence-corrected chi connectivity index (χ1v) is 7.70. The summed E-state index contributed by atoms with van der Waals surface area (Å²) >= 11 is 0. The molecule has 1 aromatic carbocycles. The van der Waals surface area contributed by atoms with E-state index in [2.05, 4.69) is 36.1 Å². The highest BCUT2D eigenvalue weighted by molar-refractivity contribution is 5.44. The molecule has 96 valence electrons. The van der Waals surface area contributed by atoms with Crippen LogP contribution in [0, 0.1) is 5.41 Å². The standard InChI is InChI=1S/C17H23N/c1-2-18-12-11-17-10-6-5-9-15(17)13-7-3-4-8-14(13)16(17)18/h3-4,7-8,15-16H,2,5-6,9-12H2,1H3/t15-,16-,17+/m0/s1. The van der Waals surface area contributed by atoms with Crippen LogP contribution in [0.5, 0.6) is 0 Å². The lowest BCUT2D eigenvalue weighted by atomic mass is 9.65. The Morgan fingerprint density at radius 1 is 1.17 bits per heavy atom. The molecule has 1 heterocycles. The molecule has 0 bridgehead atoms. The van der Waals surface area contributed by atoms with Crippen molar-refractivity contribution in [3.63, 3.8) is 0 Å². The molecule has 1 nitrogen and oxygen atoms in total. The molecule has 0 amide bonds. The second-order valence-corrected chi connectivity index (χ2v) is 6.44. The first-order valence-electron chi connectivity index (χ1n) is 7.70. The molecule has 0 N–H and O–H groups in total. The second kappa shape index (κ2) is 3.84. The van der Waals surface area contributed by atoms with Gasteiger partial charge in [0.15, 0.2) is 0 Å². The summed E-state index contributed by atoms with van der Waals surface area (Å²) in [7, 11) is 0. The van der Waals surface area contributed by atoms with Crippen molar-refractivity contribution in [3.8, 4) is 0 Å². The predicted molar refractivity (Wildman–Crippen MR) is 74.7 cm³/mol. The van der Waals surface area contributed by atoms with Gasteiger partial charge < -0.3 is 0 Å². The van der Waals surface area contributed by atoms with Crippen molar-refractivity contribution in [2.75, 3.05) is 13.1 Å². The van der Waals surface area contributed by atoms with Gasteiger partial charge in [-0.05, 0) is 54.8 Å². The lowest BCUT2D eigenvalue weighted by molar-refractivity contribution is 0.109. The zero-order chi connectivity index (χ0) is 12.2. The Morgan fingerprint density at radius 3 is 2.83 bits per heavy atom. The zero-order valence-corrected chi connectivity index (χ0v) is 11.4. The van der Waals surface area contributed by atoms with Gasteiger partial charge in [0.2, 0.25) is 0 Å². The monoisotopic (exact) mass is 241 g/mol. The second-order valence-electron chi connectivity index (χ2n) is 6.44. The Hall–Kier alpha value is -0.820. The van der Waals surface area contributed by atoms with Crippen molar-refractivity contribution in [1.82, 2.24) is 4.90 Å². The third kappa shape index (κ3) is 1.21. The average molecular weight is 241 g/mol. The maximum Gasteiger partial charge on any atom is 0.0413 e. The van der Waals surface area contributed by atoms with Crippen LogP contribution >= 0.6 is 0 Å². The largest absolute Gasteiger partial charge is 0.296 e. The molecule has 4 rings (SSSR count).